The second kappa shape index (κ2) is 8.16. The zero-order valence-electron chi connectivity index (χ0n) is 14.2. The first kappa shape index (κ1) is 17.5. The first-order valence-corrected chi connectivity index (χ1v) is 7.98. The molecule has 0 saturated heterocycles. The van der Waals surface area contributed by atoms with E-state index in [0.717, 1.165) is 6.42 Å². The van der Waals surface area contributed by atoms with Gasteiger partial charge in [0.15, 0.2) is 0 Å². The molecule has 6 nitrogen and oxygen atoms in total. The van der Waals surface area contributed by atoms with Gasteiger partial charge in [-0.05, 0) is 31.0 Å². The van der Waals surface area contributed by atoms with Gasteiger partial charge >= 0.3 is 5.97 Å². The summed E-state index contributed by atoms with van der Waals surface area (Å²) in [6, 6.07) is 7.38. The number of benzene rings is 1. The van der Waals surface area contributed by atoms with Crippen molar-refractivity contribution in [1.29, 1.82) is 5.26 Å². The predicted octanol–water partition coefficient (Wildman–Crippen LogP) is 3.35. The normalized spacial score (nSPS) is 11.6. The third kappa shape index (κ3) is 4.13. The number of nitrogens with zero attached hydrogens (tertiary/aromatic N) is 3. The van der Waals surface area contributed by atoms with Gasteiger partial charge in [0.05, 0.1) is 36.2 Å². The van der Waals surface area contributed by atoms with E-state index < -0.39 is 5.97 Å². The number of ether oxygens (including phenoxy) is 2. The molecule has 126 valence electrons. The molecule has 0 aliphatic rings. The molecule has 0 bridgehead atoms. The molecule has 1 atom stereocenters. The van der Waals surface area contributed by atoms with E-state index in [2.05, 4.69) is 25.0 Å². The SMILES string of the molecule is CCOC(=O)c1cnn(-c2ccc(OCC(C)CC)c(C#N)c2)c1. The Morgan fingerprint density at radius 1 is 1.42 bits per heavy atom. The van der Waals surface area contributed by atoms with E-state index in [9.17, 15) is 10.1 Å². The van der Waals surface area contributed by atoms with Crippen molar-refractivity contribution >= 4 is 5.97 Å². The summed E-state index contributed by atoms with van der Waals surface area (Å²) >= 11 is 0. The van der Waals surface area contributed by atoms with Crippen LogP contribution in [0.25, 0.3) is 5.69 Å². The summed E-state index contributed by atoms with van der Waals surface area (Å²) in [4.78, 5) is 11.7. The van der Waals surface area contributed by atoms with Gasteiger partial charge in [0.25, 0.3) is 0 Å². The summed E-state index contributed by atoms with van der Waals surface area (Å²) in [5.74, 6) is 0.562. The zero-order chi connectivity index (χ0) is 17.5. The summed E-state index contributed by atoms with van der Waals surface area (Å²) in [7, 11) is 0. The lowest BCUT2D eigenvalue weighted by Gasteiger charge is -2.12. The molecule has 0 radical (unpaired) electrons. The van der Waals surface area contributed by atoms with Gasteiger partial charge in [-0.1, -0.05) is 20.3 Å². The van der Waals surface area contributed by atoms with Crippen molar-refractivity contribution in [2.75, 3.05) is 13.2 Å². The van der Waals surface area contributed by atoms with Crippen molar-refractivity contribution in [3.63, 3.8) is 0 Å². The second-order valence-electron chi connectivity index (χ2n) is 5.51. The van der Waals surface area contributed by atoms with Crippen LogP contribution in [0.5, 0.6) is 5.75 Å². The number of carbonyl (C=O) groups excluding carboxylic acids is 1. The Hall–Kier alpha value is -2.81. The van der Waals surface area contributed by atoms with Crippen molar-refractivity contribution in [2.45, 2.75) is 27.2 Å². The first-order chi connectivity index (χ1) is 11.6. The maximum Gasteiger partial charge on any atom is 0.341 e. The fourth-order valence-electron chi connectivity index (χ4n) is 2.01. The van der Waals surface area contributed by atoms with Crippen LogP contribution in [-0.4, -0.2) is 29.0 Å². The third-order valence-corrected chi connectivity index (χ3v) is 3.66. The van der Waals surface area contributed by atoms with E-state index in [-0.39, 0.29) is 0 Å². The van der Waals surface area contributed by atoms with Gasteiger partial charge in [-0.2, -0.15) is 10.4 Å². The minimum Gasteiger partial charge on any atom is -0.492 e. The molecule has 24 heavy (non-hydrogen) atoms. The molecule has 0 amide bonds. The molecule has 1 unspecified atom stereocenters. The van der Waals surface area contributed by atoms with Crippen LogP contribution < -0.4 is 4.74 Å². The van der Waals surface area contributed by atoms with Gasteiger partial charge in [-0.25, -0.2) is 9.48 Å². The van der Waals surface area contributed by atoms with Crippen LogP contribution in [-0.2, 0) is 4.74 Å². The number of nitriles is 1. The van der Waals surface area contributed by atoms with Crippen molar-refractivity contribution in [1.82, 2.24) is 9.78 Å². The van der Waals surface area contributed by atoms with Gasteiger partial charge in [0.2, 0.25) is 0 Å². The molecule has 0 saturated carbocycles. The average molecular weight is 327 g/mol. The average Bonchev–Trinajstić information content (AvgIpc) is 3.09. The summed E-state index contributed by atoms with van der Waals surface area (Å²) in [6.45, 7) is 6.83. The summed E-state index contributed by atoms with van der Waals surface area (Å²) in [6.07, 6.45) is 4.04. The van der Waals surface area contributed by atoms with Crippen molar-refractivity contribution in [3.05, 3.63) is 41.7 Å². The summed E-state index contributed by atoms with van der Waals surface area (Å²) in [5, 5.41) is 13.5. The Labute approximate surface area is 141 Å². The molecular weight excluding hydrogens is 306 g/mol. The number of carbonyl (C=O) groups is 1. The van der Waals surface area contributed by atoms with E-state index >= 15 is 0 Å². The molecule has 0 aliphatic heterocycles. The molecule has 0 spiro atoms. The molecule has 0 N–H and O–H groups in total. The minimum absolute atomic E-state index is 0.310. The van der Waals surface area contributed by atoms with Crippen LogP contribution in [0, 0.1) is 17.2 Å². The molecule has 2 rings (SSSR count). The van der Waals surface area contributed by atoms with Crippen molar-refractivity contribution < 1.29 is 14.3 Å². The smallest absolute Gasteiger partial charge is 0.341 e. The van der Waals surface area contributed by atoms with Crippen LogP contribution >= 0.6 is 0 Å². The Bertz CT molecular complexity index is 746. The standard InChI is InChI=1S/C18H21N3O3/c1-4-13(3)12-24-17-7-6-16(8-14(17)9-19)21-11-15(10-20-21)18(22)23-5-2/h6-8,10-11,13H,4-5,12H2,1-3H3. The quantitative estimate of drug-likeness (QED) is 0.729. The van der Waals surface area contributed by atoms with Crippen LogP contribution in [0.4, 0.5) is 0 Å². The summed E-state index contributed by atoms with van der Waals surface area (Å²) in [5.41, 5.74) is 1.48. The van der Waals surface area contributed by atoms with Crippen LogP contribution in [0.15, 0.2) is 30.6 Å². The number of esters is 1. The Morgan fingerprint density at radius 2 is 2.21 bits per heavy atom. The van der Waals surface area contributed by atoms with E-state index in [4.69, 9.17) is 9.47 Å². The van der Waals surface area contributed by atoms with E-state index in [1.807, 2.05) is 0 Å². The lowest BCUT2D eigenvalue weighted by Crippen LogP contribution is -2.08. The molecule has 6 heteroatoms. The number of hydrogen-bond acceptors (Lipinski definition) is 5. The number of hydrogen-bond donors (Lipinski definition) is 0. The van der Waals surface area contributed by atoms with Gasteiger partial charge < -0.3 is 9.47 Å². The molecule has 0 aliphatic carbocycles. The Balaban J connectivity index is 2.20. The highest BCUT2D eigenvalue weighted by atomic mass is 16.5. The van der Waals surface area contributed by atoms with Gasteiger partial charge in [0.1, 0.15) is 11.8 Å². The highest BCUT2D eigenvalue weighted by Gasteiger charge is 2.12. The molecule has 1 aromatic carbocycles. The van der Waals surface area contributed by atoms with Crippen molar-refractivity contribution in [3.8, 4) is 17.5 Å². The molecular formula is C18H21N3O3. The summed E-state index contributed by atoms with van der Waals surface area (Å²) < 4.78 is 12.2. The second-order valence-corrected chi connectivity index (χ2v) is 5.51. The first-order valence-electron chi connectivity index (χ1n) is 7.98. The van der Waals surface area contributed by atoms with Gasteiger partial charge in [-0.3, -0.25) is 0 Å². The molecule has 0 fully saturated rings. The van der Waals surface area contributed by atoms with E-state index in [0.29, 0.717) is 41.7 Å². The predicted molar refractivity (Wildman–Crippen MR) is 89.2 cm³/mol. The van der Waals surface area contributed by atoms with E-state index in [1.54, 1.807) is 31.3 Å². The molecule has 1 heterocycles. The fraction of sp³-hybridized carbons (Fsp3) is 0.389. The maximum absolute atomic E-state index is 11.7. The highest BCUT2D eigenvalue weighted by molar-refractivity contribution is 5.88. The number of rotatable bonds is 7. The lowest BCUT2D eigenvalue weighted by atomic mass is 10.1. The van der Waals surface area contributed by atoms with Crippen LogP contribution in [0.1, 0.15) is 43.1 Å². The minimum atomic E-state index is -0.419. The van der Waals surface area contributed by atoms with Crippen molar-refractivity contribution in [2.24, 2.45) is 5.92 Å². The zero-order valence-corrected chi connectivity index (χ0v) is 14.2. The van der Waals surface area contributed by atoms with Crippen LogP contribution in [0.3, 0.4) is 0 Å². The largest absolute Gasteiger partial charge is 0.492 e. The maximum atomic E-state index is 11.7. The topological polar surface area (TPSA) is 77.1 Å². The monoisotopic (exact) mass is 327 g/mol. The van der Waals surface area contributed by atoms with Crippen LogP contribution in [0.2, 0.25) is 0 Å². The molecule has 2 aromatic rings. The highest BCUT2D eigenvalue weighted by Crippen LogP contribution is 2.22. The fourth-order valence-corrected chi connectivity index (χ4v) is 2.01. The Morgan fingerprint density at radius 3 is 2.88 bits per heavy atom. The lowest BCUT2D eigenvalue weighted by molar-refractivity contribution is 0.0526. The van der Waals surface area contributed by atoms with Gasteiger partial charge in [0, 0.05) is 6.20 Å². The third-order valence-electron chi connectivity index (χ3n) is 3.66. The van der Waals surface area contributed by atoms with Gasteiger partial charge in [-0.15, -0.1) is 0 Å². The Kier molecular flexibility index (Phi) is 5.96. The van der Waals surface area contributed by atoms with E-state index in [1.165, 1.54) is 10.9 Å². The number of aromatic nitrogens is 2. The molecule has 1 aromatic heterocycles.